The lowest BCUT2D eigenvalue weighted by Gasteiger charge is -2.34. The van der Waals surface area contributed by atoms with Crippen LogP contribution in [0.15, 0.2) is 66.7 Å². The van der Waals surface area contributed by atoms with Crippen molar-refractivity contribution in [2.75, 3.05) is 0 Å². The zero-order valence-corrected chi connectivity index (χ0v) is 23.3. The molecule has 3 aromatic carbocycles. The summed E-state index contributed by atoms with van der Waals surface area (Å²) in [7, 11) is 0. The Morgan fingerprint density at radius 2 is 1.37 bits per heavy atom. The van der Waals surface area contributed by atoms with E-state index in [9.17, 15) is 14.4 Å². The first-order valence-electron chi connectivity index (χ1n) is 13.0. The summed E-state index contributed by atoms with van der Waals surface area (Å²) in [5.41, 5.74) is 3.15. The molecule has 5 nitrogen and oxygen atoms in total. The first-order chi connectivity index (χ1) is 17.8. The Labute approximate surface area is 225 Å². The van der Waals surface area contributed by atoms with E-state index in [0.29, 0.717) is 16.7 Å². The highest BCUT2D eigenvalue weighted by molar-refractivity contribution is 6.07. The van der Waals surface area contributed by atoms with Gasteiger partial charge in [-0.15, -0.1) is 0 Å². The normalized spacial score (nSPS) is 20.2. The van der Waals surface area contributed by atoms with Crippen LogP contribution in [0.3, 0.4) is 0 Å². The van der Waals surface area contributed by atoms with Gasteiger partial charge in [-0.05, 0) is 67.6 Å². The molecule has 0 radical (unpaired) electrons. The highest BCUT2D eigenvalue weighted by atomic mass is 16.8. The minimum absolute atomic E-state index is 0.213. The van der Waals surface area contributed by atoms with Gasteiger partial charge < -0.3 is 9.47 Å². The van der Waals surface area contributed by atoms with Gasteiger partial charge in [0.2, 0.25) is 11.9 Å². The molecule has 198 valence electrons. The average Bonchev–Trinajstić information content (AvgIpc) is 3.24. The molecule has 1 aliphatic heterocycles. The smallest absolute Gasteiger partial charge is 0.346 e. The molecule has 1 heterocycles. The van der Waals surface area contributed by atoms with Crippen LogP contribution in [0, 0.1) is 39.0 Å². The van der Waals surface area contributed by atoms with Gasteiger partial charge in [-0.2, -0.15) is 0 Å². The van der Waals surface area contributed by atoms with E-state index in [1.807, 2.05) is 78.8 Å². The number of benzene rings is 3. The Morgan fingerprint density at radius 3 is 1.89 bits per heavy atom. The quantitative estimate of drug-likeness (QED) is 0.256. The van der Waals surface area contributed by atoms with Crippen molar-refractivity contribution in [3.63, 3.8) is 0 Å². The SMILES string of the molecule is Cc1ccc(C(=O)CC(C(=O)c2ccc(C)c(C)c2)[C@@]2(c3ccccc3)O[C@H](C(C)(C)C)OC2=O)cc1C. The van der Waals surface area contributed by atoms with Gasteiger partial charge in [-0.1, -0.05) is 75.4 Å². The van der Waals surface area contributed by atoms with Crippen molar-refractivity contribution < 1.29 is 23.9 Å². The molecule has 0 saturated carbocycles. The predicted octanol–water partition coefficient (Wildman–Crippen LogP) is 6.83. The number of ketones is 2. The van der Waals surface area contributed by atoms with Crippen molar-refractivity contribution in [2.45, 2.75) is 66.8 Å². The third kappa shape index (κ3) is 5.08. The fourth-order valence-corrected chi connectivity index (χ4v) is 4.81. The fourth-order valence-electron chi connectivity index (χ4n) is 4.81. The van der Waals surface area contributed by atoms with Crippen molar-refractivity contribution in [3.05, 3.63) is 106 Å². The number of hydrogen-bond donors (Lipinski definition) is 0. The van der Waals surface area contributed by atoms with Crippen molar-refractivity contribution in [1.82, 2.24) is 0 Å². The third-order valence-corrected chi connectivity index (χ3v) is 7.54. The van der Waals surface area contributed by atoms with E-state index in [2.05, 4.69) is 0 Å². The van der Waals surface area contributed by atoms with Crippen LogP contribution < -0.4 is 0 Å². The Hall–Kier alpha value is -3.57. The highest BCUT2D eigenvalue weighted by Crippen LogP contribution is 2.48. The second-order valence-corrected chi connectivity index (χ2v) is 11.5. The van der Waals surface area contributed by atoms with Crippen LogP contribution in [0.5, 0.6) is 0 Å². The standard InChI is InChI=1S/C33H36O5/c1-20-13-15-24(17-22(20)3)28(34)19-27(29(35)25-16-14-21(2)23(4)18-25)33(26-11-9-8-10-12-26)30(36)37-31(38-33)32(5,6)7/h8-18,27,31H,19H2,1-7H3/t27?,31-,33-/m1/s1. The molecule has 5 heteroatoms. The number of aryl methyl sites for hydroxylation is 4. The molecule has 0 aromatic heterocycles. The van der Waals surface area contributed by atoms with Gasteiger partial charge in [0.1, 0.15) is 0 Å². The van der Waals surface area contributed by atoms with Crippen LogP contribution in [-0.4, -0.2) is 23.8 Å². The first kappa shape index (κ1) is 27.5. The van der Waals surface area contributed by atoms with Crippen LogP contribution in [0.2, 0.25) is 0 Å². The lowest BCUT2D eigenvalue weighted by Crippen LogP contribution is -2.47. The number of ether oxygens (including phenoxy) is 2. The minimum atomic E-state index is -1.77. The largest absolute Gasteiger partial charge is 0.433 e. The Kier molecular flexibility index (Phi) is 7.44. The lowest BCUT2D eigenvalue weighted by atomic mass is 9.73. The number of carbonyl (C=O) groups excluding carboxylic acids is 3. The van der Waals surface area contributed by atoms with Crippen molar-refractivity contribution >= 4 is 17.5 Å². The maximum atomic E-state index is 14.3. The minimum Gasteiger partial charge on any atom is -0.433 e. The molecular formula is C33H36O5. The van der Waals surface area contributed by atoms with Gasteiger partial charge in [-0.25, -0.2) is 4.79 Å². The molecule has 3 atom stereocenters. The fraction of sp³-hybridized carbons (Fsp3) is 0.364. The Morgan fingerprint density at radius 1 is 0.816 bits per heavy atom. The monoisotopic (exact) mass is 512 g/mol. The Bertz CT molecular complexity index is 1380. The van der Waals surface area contributed by atoms with E-state index in [0.717, 1.165) is 22.3 Å². The summed E-state index contributed by atoms with van der Waals surface area (Å²) in [6, 6.07) is 19.9. The molecule has 4 rings (SSSR count). The number of Topliss-reactive ketones (excluding diaryl/α,β-unsaturated/α-hetero) is 2. The van der Waals surface area contributed by atoms with Gasteiger partial charge in [0.25, 0.3) is 0 Å². The van der Waals surface area contributed by atoms with E-state index >= 15 is 0 Å². The first-order valence-corrected chi connectivity index (χ1v) is 13.0. The average molecular weight is 513 g/mol. The number of rotatable bonds is 7. The van der Waals surface area contributed by atoms with Crippen molar-refractivity contribution in [2.24, 2.45) is 11.3 Å². The topological polar surface area (TPSA) is 69.7 Å². The van der Waals surface area contributed by atoms with Gasteiger partial charge in [0, 0.05) is 23.0 Å². The summed E-state index contributed by atoms with van der Waals surface area (Å²) in [6.07, 6.45) is -1.10. The number of cyclic esters (lactones) is 1. The summed E-state index contributed by atoms with van der Waals surface area (Å²) < 4.78 is 12.3. The van der Waals surface area contributed by atoms with Gasteiger partial charge in [0.15, 0.2) is 11.6 Å². The number of esters is 1. The van der Waals surface area contributed by atoms with Crippen LogP contribution in [0.4, 0.5) is 0 Å². The molecular weight excluding hydrogens is 476 g/mol. The second-order valence-electron chi connectivity index (χ2n) is 11.5. The van der Waals surface area contributed by atoms with Gasteiger partial charge in [0.05, 0.1) is 5.92 Å². The van der Waals surface area contributed by atoms with Gasteiger partial charge in [-0.3, -0.25) is 9.59 Å². The Balaban J connectivity index is 1.90. The molecule has 0 spiro atoms. The summed E-state index contributed by atoms with van der Waals surface area (Å²) in [6.45, 7) is 13.6. The molecule has 0 N–H and O–H groups in total. The molecule has 1 aliphatic rings. The zero-order chi connectivity index (χ0) is 27.8. The molecule has 1 fully saturated rings. The molecule has 0 amide bonds. The van der Waals surface area contributed by atoms with Gasteiger partial charge >= 0.3 is 5.97 Å². The van der Waals surface area contributed by atoms with Crippen LogP contribution in [0.25, 0.3) is 0 Å². The van der Waals surface area contributed by atoms with Crippen molar-refractivity contribution in [3.8, 4) is 0 Å². The van der Waals surface area contributed by atoms with E-state index in [-0.39, 0.29) is 18.0 Å². The zero-order valence-electron chi connectivity index (χ0n) is 23.3. The predicted molar refractivity (Wildman–Crippen MR) is 147 cm³/mol. The van der Waals surface area contributed by atoms with E-state index in [1.165, 1.54) is 0 Å². The summed E-state index contributed by atoms with van der Waals surface area (Å²) in [5.74, 6) is -2.36. The molecule has 3 aromatic rings. The second kappa shape index (κ2) is 10.3. The highest BCUT2D eigenvalue weighted by Gasteiger charge is 2.61. The summed E-state index contributed by atoms with van der Waals surface area (Å²) in [4.78, 5) is 41.9. The number of hydrogen-bond acceptors (Lipinski definition) is 5. The molecule has 1 unspecified atom stereocenters. The summed E-state index contributed by atoms with van der Waals surface area (Å²) >= 11 is 0. The van der Waals surface area contributed by atoms with E-state index in [4.69, 9.17) is 9.47 Å². The van der Waals surface area contributed by atoms with E-state index < -0.39 is 29.2 Å². The molecule has 1 saturated heterocycles. The molecule has 0 aliphatic carbocycles. The van der Waals surface area contributed by atoms with Crippen LogP contribution in [0.1, 0.15) is 75.7 Å². The third-order valence-electron chi connectivity index (χ3n) is 7.54. The maximum Gasteiger partial charge on any atom is 0.346 e. The molecule has 0 bridgehead atoms. The van der Waals surface area contributed by atoms with Crippen LogP contribution >= 0.6 is 0 Å². The van der Waals surface area contributed by atoms with E-state index in [1.54, 1.807) is 36.4 Å². The number of carbonyl (C=O) groups is 3. The van der Waals surface area contributed by atoms with Crippen molar-refractivity contribution in [1.29, 1.82) is 0 Å². The molecule has 38 heavy (non-hydrogen) atoms. The summed E-state index contributed by atoms with van der Waals surface area (Å²) in [5, 5.41) is 0. The van der Waals surface area contributed by atoms with Crippen LogP contribution in [-0.2, 0) is 19.9 Å². The lowest BCUT2D eigenvalue weighted by molar-refractivity contribution is -0.159. The maximum absolute atomic E-state index is 14.3.